The Bertz CT molecular complexity index is 1180. The summed E-state index contributed by atoms with van der Waals surface area (Å²) in [5.74, 6) is 2.72. The lowest BCUT2D eigenvalue weighted by Gasteiger charge is -2.46. The molecule has 0 spiro atoms. The summed E-state index contributed by atoms with van der Waals surface area (Å²) < 4.78 is 42.8. The molecule has 0 heterocycles. The molecule has 0 saturated heterocycles. The maximum Gasteiger partial charge on any atom is 0.118 e. The molecule has 3 aromatic rings. The lowest BCUT2D eigenvalue weighted by atomic mass is 9.78. The Hall–Kier alpha value is -3.10. The Kier molecular flexibility index (Phi) is 13.2. The molecule has 0 bridgehead atoms. The monoisotopic (exact) mass is 592 g/mol. The van der Waals surface area contributed by atoms with E-state index in [-0.39, 0.29) is 30.3 Å². The molecule has 1 aliphatic rings. The summed E-state index contributed by atoms with van der Waals surface area (Å²) in [6.07, 6.45) is 2.98. The van der Waals surface area contributed by atoms with Gasteiger partial charge >= 0.3 is 0 Å². The molecule has 0 aliphatic heterocycles. The number of ether oxygens (including phenoxy) is 7. The molecule has 4 rings (SSSR count). The zero-order valence-corrected chi connectivity index (χ0v) is 26.3. The second-order valence-corrected chi connectivity index (χ2v) is 11.0. The minimum atomic E-state index is -0.330. The zero-order chi connectivity index (χ0) is 30.4. The van der Waals surface area contributed by atoms with Gasteiger partial charge in [0.05, 0.1) is 53.4 Å². The number of unbranched alkanes of at least 4 members (excludes halogenated alkanes) is 1. The predicted octanol–water partition coefficient (Wildman–Crippen LogP) is 7.38. The molecule has 7 nitrogen and oxygen atoms in total. The number of hydrogen-bond donors (Lipinski definition) is 0. The van der Waals surface area contributed by atoms with Crippen LogP contribution in [0.4, 0.5) is 0 Å². The minimum Gasteiger partial charge on any atom is -0.497 e. The van der Waals surface area contributed by atoms with Crippen molar-refractivity contribution in [2.75, 3.05) is 27.9 Å². The van der Waals surface area contributed by atoms with Crippen molar-refractivity contribution in [2.45, 2.75) is 83.8 Å². The van der Waals surface area contributed by atoms with Crippen LogP contribution >= 0.6 is 0 Å². The summed E-state index contributed by atoms with van der Waals surface area (Å²) in [6.45, 7) is 6.43. The van der Waals surface area contributed by atoms with Gasteiger partial charge in [-0.3, -0.25) is 0 Å². The van der Waals surface area contributed by atoms with Gasteiger partial charge < -0.3 is 33.2 Å². The van der Waals surface area contributed by atoms with Gasteiger partial charge in [0.25, 0.3) is 0 Å². The van der Waals surface area contributed by atoms with Crippen LogP contribution in [0.2, 0.25) is 0 Å². The summed E-state index contributed by atoms with van der Waals surface area (Å²) in [4.78, 5) is 0. The number of hydrogen-bond acceptors (Lipinski definition) is 7. The Labute approximate surface area is 257 Å². The highest BCUT2D eigenvalue weighted by Crippen LogP contribution is 2.37. The third-order valence-electron chi connectivity index (χ3n) is 8.17. The van der Waals surface area contributed by atoms with Gasteiger partial charge in [0.2, 0.25) is 0 Å². The van der Waals surface area contributed by atoms with Gasteiger partial charge in [-0.15, -0.1) is 0 Å². The second-order valence-electron chi connectivity index (χ2n) is 11.0. The van der Waals surface area contributed by atoms with Crippen molar-refractivity contribution in [1.82, 2.24) is 0 Å². The average molecular weight is 593 g/mol. The Morgan fingerprint density at radius 1 is 0.535 bits per heavy atom. The first-order valence-electron chi connectivity index (χ1n) is 15.4. The maximum absolute atomic E-state index is 6.78. The molecule has 1 saturated carbocycles. The van der Waals surface area contributed by atoms with Gasteiger partial charge in [-0.25, -0.2) is 0 Å². The van der Waals surface area contributed by atoms with Crippen molar-refractivity contribution < 1.29 is 33.2 Å². The third-order valence-corrected chi connectivity index (χ3v) is 8.17. The van der Waals surface area contributed by atoms with Crippen LogP contribution in [-0.4, -0.2) is 52.4 Å². The summed E-state index contributed by atoms with van der Waals surface area (Å²) in [5, 5.41) is 0. The molecule has 0 radical (unpaired) electrons. The van der Waals surface area contributed by atoms with E-state index in [1.165, 1.54) is 0 Å². The average Bonchev–Trinajstić information content (AvgIpc) is 3.06. The third kappa shape index (κ3) is 9.44. The van der Waals surface area contributed by atoms with Crippen LogP contribution in [0.1, 0.15) is 56.2 Å². The number of methoxy groups -OCH3 is 3. The highest BCUT2D eigenvalue weighted by Gasteiger charge is 2.47. The van der Waals surface area contributed by atoms with Crippen LogP contribution in [0, 0.1) is 5.92 Å². The largest absolute Gasteiger partial charge is 0.497 e. The molecule has 0 unspecified atom stereocenters. The Balaban J connectivity index is 1.59. The van der Waals surface area contributed by atoms with Gasteiger partial charge in [-0.2, -0.15) is 0 Å². The first kappa shape index (κ1) is 32.8. The van der Waals surface area contributed by atoms with Gasteiger partial charge in [0, 0.05) is 6.61 Å². The summed E-state index contributed by atoms with van der Waals surface area (Å²) >= 11 is 0. The topological polar surface area (TPSA) is 64.6 Å². The Morgan fingerprint density at radius 2 is 0.953 bits per heavy atom. The highest BCUT2D eigenvalue weighted by atomic mass is 16.6. The molecule has 5 atom stereocenters. The van der Waals surface area contributed by atoms with Gasteiger partial charge in [-0.05, 0) is 71.8 Å². The van der Waals surface area contributed by atoms with Crippen molar-refractivity contribution in [3.05, 3.63) is 89.5 Å². The molecule has 3 aromatic carbocycles. The van der Waals surface area contributed by atoms with Crippen LogP contribution in [0.3, 0.4) is 0 Å². The van der Waals surface area contributed by atoms with Crippen molar-refractivity contribution >= 4 is 0 Å². The molecule has 0 amide bonds. The van der Waals surface area contributed by atoms with Crippen LogP contribution in [0.15, 0.2) is 72.8 Å². The molecule has 0 N–H and O–H groups in total. The van der Waals surface area contributed by atoms with Crippen molar-refractivity contribution in [3.63, 3.8) is 0 Å². The van der Waals surface area contributed by atoms with Gasteiger partial charge in [0.15, 0.2) is 0 Å². The second kappa shape index (κ2) is 17.3. The quantitative estimate of drug-likeness (QED) is 0.152. The molecule has 1 aliphatic carbocycles. The Morgan fingerprint density at radius 3 is 1.35 bits per heavy atom. The molecular formula is C36H48O7. The molecule has 234 valence electrons. The van der Waals surface area contributed by atoms with Crippen LogP contribution in [-0.2, 0) is 38.8 Å². The standard InChI is InChI=1S/C36H48O7/c1-6-8-21-40-33-22-29(7-2)34(41-23-26-9-15-30(37-3)16-10-26)36(43-25-28-13-19-32(39-5)20-14-28)35(33)42-24-27-11-17-31(38-4)18-12-27/h9-20,29,33-36H,6-8,21-25H2,1-5H3/t29-,33+,34+,35-,36-/m0/s1. The van der Waals surface area contributed by atoms with Gasteiger partial charge in [0.1, 0.15) is 29.5 Å². The SMILES string of the molecule is CCCCO[C@@H]1C[C@H](CC)[C@@H](OCc2ccc(OC)cc2)[C@H](OCc2ccc(OC)cc2)[C@H]1OCc1ccc(OC)cc1. The van der Waals surface area contributed by atoms with E-state index in [2.05, 4.69) is 13.8 Å². The molecule has 7 heteroatoms. The molecular weight excluding hydrogens is 544 g/mol. The minimum absolute atomic E-state index is 0.101. The van der Waals surface area contributed by atoms with Crippen LogP contribution in [0.5, 0.6) is 17.2 Å². The van der Waals surface area contributed by atoms with E-state index in [1.54, 1.807) is 21.3 Å². The number of benzene rings is 3. The first-order chi connectivity index (χ1) is 21.1. The van der Waals surface area contributed by atoms with E-state index in [4.69, 9.17) is 33.2 Å². The van der Waals surface area contributed by atoms with Gasteiger partial charge in [-0.1, -0.05) is 63.1 Å². The van der Waals surface area contributed by atoms with Crippen LogP contribution < -0.4 is 14.2 Å². The molecule has 43 heavy (non-hydrogen) atoms. The van der Waals surface area contributed by atoms with Crippen LogP contribution in [0.25, 0.3) is 0 Å². The van der Waals surface area contributed by atoms with Crippen molar-refractivity contribution in [1.29, 1.82) is 0 Å². The summed E-state index contributed by atoms with van der Waals surface area (Å²) in [6, 6.07) is 24.0. The van der Waals surface area contributed by atoms with E-state index < -0.39 is 0 Å². The fourth-order valence-corrected chi connectivity index (χ4v) is 5.54. The predicted molar refractivity (Wildman–Crippen MR) is 168 cm³/mol. The summed E-state index contributed by atoms with van der Waals surface area (Å²) in [7, 11) is 5.02. The highest BCUT2D eigenvalue weighted by molar-refractivity contribution is 5.28. The lowest BCUT2D eigenvalue weighted by molar-refractivity contribution is -0.228. The maximum atomic E-state index is 6.78. The lowest BCUT2D eigenvalue weighted by Crippen LogP contribution is -2.57. The zero-order valence-electron chi connectivity index (χ0n) is 26.3. The molecule has 0 aromatic heterocycles. The number of rotatable bonds is 17. The van der Waals surface area contributed by atoms with E-state index in [1.807, 2.05) is 72.8 Å². The van der Waals surface area contributed by atoms with Crippen molar-refractivity contribution in [2.24, 2.45) is 5.92 Å². The van der Waals surface area contributed by atoms with E-state index in [0.29, 0.717) is 26.4 Å². The molecule has 1 fully saturated rings. The van der Waals surface area contributed by atoms with E-state index in [0.717, 1.165) is 59.6 Å². The van der Waals surface area contributed by atoms with E-state index in [9.17, 15) is 0 Å². The van der Waals surface area contributed by atoms with E-state index >= 15 is 0 Å². The first-order valence-corrected chi connectivity index (χ1v) is 15.4. The normalized spacial score (nSPS) is 21.8. The summed E-state index contributed by atoms with van der Waals surface area (Å²) in [5.41, 5.74) is 3.21. The smallest absolute Gasteiger partial charge is 0.118 e. The fraction of sp³-hybridized carbons (Fsp3) is 0.500. The van der Waals surface area contributed by atoms with Crippen molar-refractivity contribution in [3.8, 4) is 17.2 Å². The fourth-order valence-electron chi connectivity index (χ4n) is 5.54.